The highest BCUT2D eigenvalue weighted by Gasteiger charge is 2.07. The fraction of sp³-hybridized carbons (Fsp3) is 0.600. The summed E-state index contributed by atoms with van der Waals surface area (Å²) in [6.07, 6.45) is 0. The second-order valence-electron chi connectivity index (χ2n) is 1.60. The van der Waals surface area contributed by atoms with Crippen molar-refractivity contribution in [3.8, 4) is 0 Å². The summed E-state index contributed by atoms with van der Waals surface area (Å²) in [6, 6.07) is 0. The largest absolute Gasteiger partial charge is 0.355 e. The van der Waals surface area contributed by atoms with Gasteiger partial charge in [0.2, 0.25) is 0 Å². The number of nitrogens with zero attached hydrogens (tertiary/aromatic N) is 1. The van der Waals surface area contributed by atoms with Crippen LogP contribution in [0, 0.1) is 0 Å². The van der Waals surface area contributed by atoms with Gasteiger partial charge in [-0.05, 0) is 18.0 Å². The average Bonchev–Trinajstić information content (AvgIpc) is 2.17. The van der Waals surface area contributed by atoms with Gasteiger partial charge >= 0.3 is 0 Å². The quantitative estimate of drug-likeness (QED) is 0.580. The van der Waals surface area contributed by atoms with Gasteiger partial charge in [0.1, 0.15) is 0 Å². The van der Waals surface area contributed by atoms with Crippen LogP contribution >= 0.6 is 24.0 Å². The van der Waals surface area contributed by atoms with E-state index in [2.05, 4.69) is 17.2 Å². The molecule has 0 saturated carbocycles. The minimum absolute atomic E-state index is 0.631. The zero-order valence-electron chi connectivity index (χ0n) is 5.18. The lowest BCUT2D eigenvalue weighted by Crippen LogP contribution is -2.14. The Morgan fingerprint density at radius 2 is 2.67 bits per heavy atom. The third-order valence-corrected chi connectivity index (χ3v) is 2.02. The standard InChI is InChI=1S/C5H8N2S2/c1-2-9-4-3-6-5(8)7-4/h2-3H2,1H3,(H,6,8). The molecular weight excluding hydrogens is 152 g/mol. The van der Waals surface area contributed by atoms with Crippen molar-refractivity contribution in [2.24, 2.45) is 4.99 Å². The smallest absolute Gasteiger partial charge is 0.193 e. The number of thiocarbonyl (C=S) groups is 1. The average molecular weight is 160 g/mol. The molecule has 0 aromatic rings. The lowest BCUT2D eigenvalue weighted by Gasteiger charge is -1.91. The molecule has 2 nitrogen and oxygen atoms in total. The van der Waals surface area contributed by atoms with Crippen LogP contribution in [0.5, 0.6) is 0 Å². The maximum Gasteiger partial charge on any atom is 0.193 e. The topological polar surface area (TPSA) is 24.4 Å². The lowest BCUT2D eigenvalue weighted by atomic mass is 10.7. The summed E-state index contributed by atoms with van der Waals surface area (Å²) < 4.78 is 0. The molecule has 1 N–H and O–H groups in total. The molecule has 0 aromatic carbocycles. The number of thioether (sulfide) groups is 1. The van der Waals surface area contributed by atoms with Crippen LogP contribution in [0.4, 0.5) is 0 Å². The van der Waals surface area contributed by atoms with Crippen molar-refractivity contribution in [2.45, 2.75) is 6.92 Å². The van der Waals surface area contributed by atoms with Gasteiger partial charge in [-0.3, -0.25) is 0 Å². The Hall–Kier alpha value is -0.0900. The van der Waals surface area contributed by atoms with Crippen LogP contribution in [0.2, 0.25) is 0 Å². The molecule has 0 radical (unpaired) electrons. The van der Waals surface area contributed by atoms with Crippen LogP contribution in [-0.2, 0) is 0 Å². The van der Waals surface area contributed by atoms with Gasteiger partial charge in [-0.1, -0.05) is 6.92 Å². The zero-order valence-corrected chi connectivity index (χ0v) is 6.81. The first kappa shape index (κ1) is 7.02. The highest BCUT2D eigenvalue weighted by Crippen LogP contribution is 2.06. The van der Waals surface area contributed by atoms with E-state index in [1.54, 1.807) is 11.8 Å². The molecule has 0 spiro atoms. The fourth-order valence-electron chi connectivity index (χ4n) is 0.593. The maximum atomic E-state index is 4.80. The lowest BCUT2D eigenvalue weighted by molar-refractivity contribution is 1.14. The second-order valence-corrected chi connectivity index (χ2v) is 3.32. The Kier molecular flexibility index (Phi) is 2.48. The molecule has 1 aliphatic rings. The first-order valence-corrected chi connectivity index (χ1v) is 4.20. The van der Waals surface area contributed by atoms with Crippen LogP contribution in [0.15, 0.2) is 4.99 Å². The van der Waals surface area contributed by atoms with E-state index in [0.29, 0.717) is 5.11 Å². The second kappa shape index (κ2) is 3.17. The van der Waals surface area contributed by atoms with Crippen molar-refractivity contribution in [3.63, 3.8) is 0 Å². The molecule has 1 heterocycles. The number of hydrogen-bond donors (Lipinski definition) is 1. The molecular formula is C5H8N2S2. The van der Waals surface area contributed by atoms with E-state index >= 15 is 0 Å². The van der Waals surface area contributed by atoms with E-state index in [-0.39, 0.29) is 0 Å². The Morgan fingerprint density at radius 1 is 1.89 bits per heavy atom. The fourth-order valence-corrected chi connectivity index (χ4v) is 1.50. The first-order chi connectivity index (χ1) is 4.33. The maximum absolute atomic E-state index is 4.80. The van der Waals surface area contributed by atoms with Crippen LogP contribution in [0.3, 0.4) is 0 Å². The minimum atomic E-state index is 0.631. The van der Waals surface area contributed by atoms with Crippen LogP contribution < -0.4 is 5.32 Å². The van der Waals surface area contributed by atoms with Crippen LogP contribution in [-0.4, -0.2) is 22.5 Å². The van der Waals surface area contributed by atoms with Crippen LogP contribution in [0.1, 0.15) is 6.92 Å². The van der Waals surface area contributed by atoms with Crippen molar-refractivity contribution in [1.29, 1.82) is 0 Å². The molecule has 1 aliphatic heterocycles. The molecule has 0 unspecified atom stereocenters. The Labute approximate surface area is 64.1 Å². The van der Waals surface area contributed by atoms with Crippen LogP contribution in [0.25, 0.3) is 0 Å². The highest BCUT2D eigenvalue weighted by atomic mass is 32.2. The van der Waals surface area contributed by atoms with Crippen molar-refractivity contribution in [2.75, 3.05) is 12.3 Å². The monoisotopic (exact) mass is 160 g/mol. The number of aliphatic imine (C=N–C) groups is 1. The Morgan fingerprint density at radius 3 is 3.11 bits per heavy atom. The van der Waals surface area contributed by atoms with Crippen molar-refractivity contribution >= 4 is 34.1 Å². The van der Waals surface area contributed by atoms with Gasteiger partial charge in [-0.2, -0.15) is 0 Å². The van der Waals surface area contributed by atoms with Crippen molar-refractivity contribution in [3.05, 3.63) is 0 Å². The first-order valence-electron chi connectivity index (χ1n) is 2.81. The third kappa shape index (κ3) is 1.95. The zero-order chi connectivity index (χ0) is 6.69. The molecule has 0 aromatic heterocycles. The summed E-state index contributed by atoms with van der Waals surface area (Å²) in [4.78, 5) is 4.08. The number of nitrogens with one attached hydrogen (secondary N) is 1. The summed E-state index contributed by atoms with van der Waals surface area (Å²) in [5, 5.41) is 4.71. The molecule has 0 fully saturated rings. The van der Waals surface area contributed by atoms with E-state index in [1.165, 1.54) is 0 Å². The molecule has 0 atom stereocenters. The van der Waals surface area contributed by atoms with E-state index in [1.807, 2.05) is 0 Å². The van der Waals surface area contributed by atoms with E-state index in [4.69, 9.17) is 12.2 Å². The summed E-state index contributed by atoms with van der Waals surface area (Å²) in [5.41, 5.74) is 0. The number of rotatable bonds is 1. The molecule has 4 heteroatoms. The van der Waals surface area contributed by atoms with Gasteiger partial charge in [-0.15, -0.1) is 11.8 Å². The molecule has 9 heavy (non-hydrogen) atoms. The third-order valence-electron chi connectivity index (χ3n) is 0.928. The van der Waals surface area contributed by atoms with Gasteiger partial charge in [0.25, 0.3) is 0 Å². The van der Waals surface area contributed by atoms with Gasteiger partial charge in [0, 0.05) is 0 Å². The van der Waals surface area contributed by atoms with E-state index in [0.717, 1.165) is 17.3 Å². The predicted molar refractivity (Wildman–Crippen MR) is 46.2 cm³/mol. The van der Waals surface area contributed by atoms with Gasteiger partial charge in [-0.25, -0.2) is 4.99 Å². The molecule has 0 saturated heterocycles. The van der Waals surface area contributed by atoms with Gasteiger partial charge < -0.3 is 5.32 Å². The Bertz CT molecular complexity index is 153. The highest BCUT2D eigenvalue weighted by molar-refractivity contribution is 8.14. The molecule has 0 amide bonds. The van der Waals surface area contributed by atoms with Crippen molar-refractivity contribution < 1.29 is 0 Å². The minimum Gasteiger partial charge on any atom is -0.355 e. The normalized spacial score (nSPS) is 17.4. The molecule has 0 aliphatic carbocycles. The summed E-state index contributed by atoms with van der Waals surface area (Å²) in [5.74, 6) is 1.07. The van der Waals surface area contributed by atoms with E-state index in [9.17, 15) is 0 Å². The van der Waals surface area contributed by atoms with Gasteiger partial charge in [0.05, 0.1) is 11.6 Å². The summed E-state index contributed by atoms with van der Waals surface area (Å²) in [6.45, 7) is 2.94. The number of hydrogen-bond acceptors (Lipinski definition) is 2. The van der Waals surface area contributed by atoms with E-state index < -0.39 is 0 Å². The molecule has 50 valence electrons. The SMILES string of the molecule is CCSC1=NC(=S)NC1. The molecule has 1 rings (SSSR count). The summed E-state index contributed by atoms with van der Waals surface area (Å²) in [7, 11) is 0. The molecule has 0 bridgehead atoms. The van der Waals surface area contributed by atoms with Gasteiger partial charge in [0.15, 0.2) is 5.11 Å². The summed E-state index contributed by atoms with van der Waals surface area (Å²) >= 11 is 6.54. The predicted octanol–water partition coefficient (Wildman–Crippen LogP) is 1.03. The Balaban J connectivity index is 2.42. The van der Waals surface area contributed by atoms with Crippen molar-refractivity contribution in [1.82, 2.24) is 5.32 Å².